The van der Waals surface area contributed by atoms with Gasteiger partial charge in [0.2, 0.25) is 0 Å². The van der Waals surface area contributed by atoms with E-state index in [1.54, 1.807) is 6.26 Å². The normalized spacial score (nSPS) is 17.5. The van der Waals surface area contributed by atoms with Gasteiger partial charge in [-0.25, -0.2) is 0 Å². The molecule has 0 aliphatic heterocycles. The Bertz CT molecular complexity index is 462. The molecule has 1 rings (SSSR count). The van der Waals surface area contributed by atoms with Crippen molar-refractivity contribution in [1.29, 1.82) is 0 Å². The Morgan fingerprint density at radius 1 is 0.806 bits per heavy atom. The largest absolute Gasteiger partial charge is 1.00 e. The van der Waals surface area contributed by atoms with Crippen molar-refractivity contribution in [2.24, 2.45) is 33.5 Å². The summed E-state index contributed by atoms with van der Waals surface area (Å²) in [4.78, 5) is 0. The minimum Gasteiger partial charge on any atom is -0.796 e. The molecule has 0 spiro atoms. The van der Waals surface area contributed by atoms with Crippen LogP contribution in [0.4, 0.5) is 0 Å². The van der Waals surface area contributed by atoms with Gasteiger partial charge in [-0.3, -0.25) is 6.58 Å². The first-order valence-corrected chi connectivity index (χ1v) is 15.6. The number of hydrogen-bond acceptors (Lipinski definition) is 1. The van der Waals surface area contributed by atoms with Crippen molar-refractivity contribution in [2.75, 3.05) is 6.26 Å². The molecule has 1 fully saturated rings. The average molecular weight is 644 g/mol. The minimum absolute atomic E-state index is 0. The molecule has 0 aromatic carbocycles. The maximum atomic E-state index is 4.08. The van der Waals surface area contributed by atoms with Crippen molar-refractivity contribution in [1.82, 2.24) is 0 Å². The van der Waals surface area contributed by atoms with Crippen LogP contribution in [0, 0.1) is 39.6 Å². The van der Waals surface area contributed by atoms with Crippen LogP contribution in [-0.4, -0.2) is 6.26 Å². The smallest absolute Gasteiger partial charge is 0.796 e. The molecule has 0 heterocycles. The van der Waals surface area contributed by atoms with Gasteiger partial charge >= 0.3 is 68.9 Å². The first-order chi connectivity index (χ1) is 15.9. The third kappa shape index (κ3) is 34.2. The van der Waals surface area contributed by atoms with Crippen LogP contribution in [0.15, 0.2) is 6.58 Å². The first kappa shape index (κ1) is 45.1. The van der Waals surface area contributed by atoms with Gasteiger partial charge in [0.15, 0.2) is 0 Å². The summed E-state index contributed by atoms with van der Waals surface area (Å²) in [6.45, 7) is 34.1. The van der Waals surface area contributed by atoms with E-state index >= 15 is 0 Å². The van der Waals surface area contributed by atoms with Crippen LogP contribution >= 0.6 is 0 Å². The molecule has 1 aliphatic carbocycles. The molecule has 0 saturated heterocycles. The van der Waals surface area contributed by atoms with Crippen LogP contribution in [0.3, 0.4) is 0 Å². The molecule has 0 amide bonds. The molecule has 1 saturated carbocycles. The van der Waals surface area contributed by atoms with Gasteiger partial charge in [0.25, 0.3) is 0 Å². The van der Waals surface area contributed by atoms with E-state index in [1.165, 1.54) is 70.6 Å². The first-order valence-electron chi connectivity index (χ1n) is 14.8. The van der Waals surface area contributed by atoms with Gasteiger partial charge in [0.1, 0.15) is 0 Å². The van der Waals surface area contributed by atoms with E-state index in [9.17, 15) is 0 Å². The fourth-order valence-electron chi connectivity index (χ4n) is 5.70. The molecule has 0 radical (unpaired) electrons. The summed E-state index contributed by atoms with van der Waals surface area (Å²) < 4.78 is 0. The summed E-state index contributed by atoms with van der Waals surface area (Å²) in [5.41, 5.74) is 2.08. The second-order valence-electron chi connectivity index (χ2n) is 15.3. The summed E-state index contributed by atoms with van der Waals surface area (Å²) in [6.07, 6.45) is 20.9. The Morgan fingerprint density at radius 3 is 1.53 bits per heavy atom. The SMILES string of the molecule is C=[C-]CC1CC(C)(C)CC(C)(C)C1.CC(CCCCC(C)(C)C)CCCC(C)(C)C.CCC.C[S-].[Cs+]. The molecule has 0 N–H and O–H groups in total. The molecule has 0 aromatic heterocycles. The Hall–Kier alpha value is 2.14. The van der Waals surface area contributed by atoms with Crippen LogP contribution in [-0.2, 0) is 12.6 Å². The topological polar surface area (TPSA) is 0 Å². The Balaban J connectivity index is -0.000000240. The summed E-state index contributed by atoms with van der Waals surface area (Å²) in [6, 6.07) is 0. The molecule has 0 nitrogen and oxygen atoms in total. The zero-order chi connectivity index (χ0) is 28.3. The van der Waals surface area contributed by atoms with Crippen molar-refractivity contribution in [2.45, 2.75) is 167 Å². The molecule has 0 bridgehead atoms. The van der Waals surface area contributed by atoms with Gasteiger partial charge in [-0.1, -0.05) is 134 Å². The fraction of sp³-hybridized carbons (Fsp3) is 0.941. The van der Waals surface area contributed by atoms with Gasteiger partial charge in [-0.2, -0.15) is 12.7 Å². The van der Waals surface area contributed by atoms with Crippen molar-refractivity contribution in [3.05, 3.63) is 12.7 Å². The molecule has 1 atom stereocenters. The molecule has 0 aromatic rings. The molecule has 1 unspecified atom stereocenters. The third-order valence-corrected chi connectivity index (χ3v) is 6.57. The van der Waals surface area contributed by atoms with Gasteiger partial charge in [0.05, 0.1) is 0 Å². The molecule has 214 valence electrons. The van der Waals surface area contributed by atoms with E-state index < -0.39 is 0 Å². The van der Waals surface area contributed by atoms with E-state index in [-0.39, 0.29) is 68.9 Å². The van der Waals surface area contributed by atoms with Crippen molar-refractivity contribution >= 4 is 12.6 Å². The quantitative estimate of drug-likeness (QED) is 0.137. The van der Waals surface area contributed by atoms with E-state index in [0.717, 1.165) is 18.3 Å². The zero-order valence-electron chi connectivity index (χ0n) is 28.3. The van der Waals surface area contributed by atoms with Gasteiger partial charge in [-0.15, -0.1) is 0 Å². The predicted octanol–water partition coefficient (Wildman–Crippen LogP) is 9.25. The maximum Gasteiger partial charge on any atom is 1.00 e. The molecule has 1 aliphatic rings. The minimum atomic E-state index is 0. The van der Waals surface area contributed by atoms with E-state index in [0.29, 0.717) is 21.7 Å². The molecule has 2 heteroatoms. The number of allylic oxidation sites excluding steroid dienone is 1. The zero-order valence-corrected chi connectivity index (χ0v) is 35.4. The Morgan fingerprint density at radius 2 is 1.17 bits per heavy atom. The number of hydrogen-bond donors (Lipinski definition) is 0. The fourth-order valence-corrected chi connectivity index (χ4v) is 5.70. The third-order valence-electron chi connectivity index (χ3n) is 6.57. The van der Waals surface area contributed by atoms with Crippen LogP contribution in [0.2, 0.25) is 0 Å². The monoisotopic (exact) mass is 643 g/mol. The number of rotatable bonds is 9. The molecular weight excluding hydrogens is 573 g/mol. The van der Waals surface area contributed by atoms with Gasteiger partial charge < -0.3 is 18.7 Å². The van der Waals surface area contributed by atoms with Crippen molar-refractivity contribution in [3.63, 3.8) is 0 Å². The van der Waals surface area contributed by atoms with Crippen molar-refractivity contribution in [3.8, 4) is 0 Å². The van der Waals surface area contributed by atoms with Gasteiger partial charge in [0, 0.05) is 0 Å². The molecular formula is C34H70CsS-. The summed E-state index contributed by atoms with van der Waals surface area (Å²) in [5.74, 6) is 1.74. The van der Waals surface area contributed by atoms with Crippen LogP contribution in [0.25, 0.3) is 0 Å². The number of unbranched alkanes of at least 4 members (excludes halogenated alkanes) is 1. The Kier molecular flexibility index (Phi) is 29.9. The van der Waals surface area contributed by atoms with Crippen molar-refractivity contribution < 1.29 is 68.9 Å². The van der Waals surface area contributed by atoms with Crippen LogP contribution in [0.1, 0.15) is 167 Å². The average Bonchev–Trinajstić information content (AvgIpc) is 2.64. The summed E-state index contributed by atoms with van der Waals surface area (Å²) in [7, 11) is 0. The predicted molar refractivity (Wildman–Crippen MR) is 168 cm³/mol. The second kappa shape index (κ2) is 23.8. The maximum absolute atomic E-state index is 4.08. The summed E-state index contributed by atoms with van der Waals surface area (Å²) >= 11 is 4.08. The van der Waals surface area contributed by atoms with E-state index in [1.807, 2.05) is 0 Å². The standard InChI is InChI=1S/C17H36.C13H23.C3H8.CH4S.Cs/c1-15(12-10-14-17(5,6)7)11-8-9-13-16(2,3)4;1-6-7-11-8-12(2,3)10-13(4,5)9-11;1-3-2;1-2;/h15H,8-14H2,1-7H3;11H,1,7-10H2,2-5H3;3H2,1-2H3;2H,1H3;/q;-1;;;+1/p-1. The van der Waals surface area contributed by atoms with Crippen LogP contribution < -0.4 is 68.9 Å². The molecule has 36 heavy (non-hydrogen) atoms. The van der Waals surface area contributed by atoms with Crippen LogP contribution in [0.5, 0.6) is 0 Å². The Labute approximate surface area is 297 Å². The summed E-state index contributed by atoms with van der Waals surface area (Å²) in [5, 5.41) is 0. The van der Waals surface area contributed by atoms with E-state index in [4.69, 9.17) is 0 Å². The van der Waals surface area contributed by atoms with E-state index in [2.05, 4.69) is 115 Å². The van der Waals surface area contributed by atoms with Gasteiger partial charge in [-0.05, 0) is 59.7 Å². The second-order valence-corrected chi connectivity index (χ2v) is 15.3.